The zero-order valence-electron chi connectivity index (χ0n) is 9.93. The molecule has 0 saturated heterocycles. The first-order valence-electron chi connectivity index (χ1n) is 5.75. The molecular weight excluding hydrogens is 246 g/mol. The van der Waals surface area contributed by atoms with Crippen LogP contribution in [0.1, 0.15) is 16.7 Å². The number of hydrogen-bond donors (Lipinski definition) is 2. The van der Waals surface area contributed by atoms with Gasteiger partial charge >= 0.3 is 5.97 Å². The fraction of sp³-hybridized carbons (Fsp3) is 0.214. The van der Waals surface area contributed by atoms with Crippen LogP contribution in [0.4, 0.5) is 0 Å². The molecule has 3 nitrogen and oxygen atoms in total. The maximum absolute atomic E-state index is 10.5. The van der Waals surface area contributed by atoms with Gasteiger partial charge in [0.1, 0.15) is 0 Å². The maximum Gasteiger partial charge on any atom is 0.307 e. The van der Waals surface area contributed by atoms with E-state index in [4.69, 9.17) is 5.11 Å². The number of carboxylic acids is 1. The summed E-state index contributed by atoms with van der Waals surface area (Å²) in [7, 11) is 0. The second-order valence-corrected chi connectivity index (χ2v) is 4.90. The molecule has 94 valence electrons. The Balaban J connectivity index is 1.81. The molecule has 1 aromatic heterocycles. The molecule has 18 heavy (non-hydrogen) atoms. The molecule has 0 amide bonds. The van der Waals surface area contributed by atoms with Crippen LogP contribution >= 0.6 is 11.3 Å². The number of carboxylic acid groups (broad SMARTS) is 1. The third kappa shape index (κ3) is 3.98. The minimum Gasteiger partial charge on any atom is -0.481 e. The van der Waals surface area contributed by atoms with E-state index in [0.29, 0.717) is 0 Å². The monoisotopic (exact) mass is 261 g/mol. The normalized spacial score (nSPS) is 10.4. The average molecular weight is 261 g/mol. The summed E-state index contributed by atoms with van der Waals surface area (Å²) in [6, 6.07) is 9.79. The van der Waals surface area contributed by atoms with E-state index in [9.17, 15) is 4.79 Å². The lowest BCUT2D eigenvalue weighted by atomic mass is 10.1. The largest absolute Gasteiger partial charge is 0.481 e. The Bertz CT molecular complexity index is 491. The summed E-state index contributed by atoms with van der Waals surface area (Å²) < 4.78 is 0. The quantitative estimate of drug-likeness (QED) is 0.840. The van der Waals surface area contributed by atoms with E-state index in [2.05, 4.69) is 22.1 Å². The maximum atomic E-state index is 10.5. The van der Waals surface area contributed by atoms with Crippen LogP contribution in [0.5, 0.6) is 0 Å². The van der Waals surface area contributed by atoms with Crippen LogP contribution in [0.15, 0.2) is 41.1 Å². The molecule has 0 radical (unpaired) electrons. The minimum atomic E-state index is -0.793. The van der Waals surface area contributed by atoms with Crippen molar-refractivity contribution in [2.75, 3.05) is 0 Å². The molecule has 2 rings (SSSR count). The predicted molar refractivity (Wildman–Crippen MR) is 72.6 cm³/mol. The molecule has 0 bridgehead atoms. The zero-order valence-corrected chi connectivity index (χ0v) is 10.7. The highest BCUT2D eigenvalue weighted by Gasteiger charge is 2.00. The third-order valence-electron chi connectivity index (χ3n) is 2.62. The Labute approximate surface area is 110 Å². The zero-order chi connectivity index (χ0) is 12.8. The van der Waals surface area contributed by atoms with E-state index < -0.39 is 5.97 Å². The van der Waals surface area contributed by atoms with E-state index in [1.807, 2.05) is 24.3 Å². The second-order valence-electron chi connectivity index (χ2n) is 4.12. The molecule has 2 N–H and O–H groups in total. The first-order valence-corrected chi connectivity index (χ1v) is 6.70. The van der Waals surface area contributed by atoms with Gasteiger partial charge in [0.2, 0.25) is 0 Å². The highest BCUT2D eigenvalue weighted by atomic mass is 32.1. The lowest BCUT2D eigenvalue weighted by molar-refractivity contribution is -0.136. The molecule has 0 fully saturated rings. The topological polar surface area (TPSA) is 49.3 Å². The molecule has 0 aliphatic carbocycles. The SMILES string of the molecule is O=C(O)Cc1ccc(CNCc2ccsc2)cc1. The first-order chi connectivity index (χ1) is 8.74. The van der Waals surface area contributed by atoms with Crippen LogP contribution in [0.3, 0.4) is 0 Å². The summed E-state index contributed by atoms with van der Waals surface area (Å²) >= 11 is 1.70. The lowest BCUT2D eigenvalue weighted by Gasteiger charge is -2.04. The molecule has 0 unspecified atom stereocenters. The molecule has 0 spiro atoms. The Kier molecular flexibility index (Phi) is 4.50. The number of nitrogens with one attached hydrogen (secondary N) is 1. The standard InChI is InChI=1S/C14H15NO2S/c16-14(17)7-11-1-3-12(4-2-11)8-15-9-13-5-6-18-10-13/h1-6,10,15H,7-9H2,(H,16,17). The highest BCUT2D eigenvalue weighted by Crippen LogP contribution is 2.07. The highest BCUT2D eigenvalue weighted by molar-refractivity contribution is 7.07. The van der Waals surface area contributed by atoms with Gasteiger partial charge in [0.15, 0.2) is 0 Å². The summed E-state index contributed by atoms with van der Waals surface area (Å²) in [5.74, 6) is -0.793. The van der Waals surface area contributed by atoms with Crippen LogP contribution in [0.2, 0.25) is 0 Å². The number of aliphatic carboxylic acids is 1. The van der Waals surface area contributed by atoms with Gasteiger partial charge in [0.05, 0.1) is 6.42 Å². The Morgan fingerprint density at radius 3 is 2.33 bits per heavy atom. The van der Waals surface area contributed by atoms with Gasteiger partial charge in [0.25, 0.3) is 0 Å². The molecule has 1 aromatic carbocycles. The first kappa shape index (κ1) is 12.8. The van der Waals surface area contributed by atoms with Crippen LogP contribution in [0.25, 0.3) is 0 Å². The number of rotatable bonds is 6. The fourth-order valence-electron chi connectivity index (χ4n) is 1.69. The van der Waals surface area contributed by atoms with Gasteiger partial charge in [-0.05, 0) is 33.5 Å². The van der Waals surface area contributed by atoms with Gasteiger partial charge in [-0.15, -0.1) is 0 Å². The van der Waals surface area contributed by atoms with Crippen LogP contribution in [-0.4, -0.2) is 11.1 Å². The van der Waals surface area contributed by atoms with E-state index in [1.54, 1.807) is 11.3 Å². The number of benzene rings is 1. The Morgan fingerprint density at radius 2 is 1.72 bits per heavy atom. The molecule has 0 saturated carbocycles. The van der Waals surface area contributed by atoms with Gasteiger partial charge in [0, 0.05) is 13.1 Å². The van der Waals surface area contributed by atoms with Gasteiger partial charge in [-0.25, -0.2) is 0 Å². The summed E-state index contributed by atoms with van der Waals surface area (Å²) in [6.07, 6.45) is 0.0859. The van der Waals surface area contributed by atoms with Crippen LogP contribution in [0, 0.1) is 0 Å². The number of hydrogen-bond acceptors (Lipinski definition) is 3. The average Bonchev–Trinajstić information content (AvgIpc) is 2.84. The fourth-order valence-corrected chi connectivity index (χ4v) is 2.36. The van der Waals surface area contributed by atoms with E-state index in [-0.39, 0.29) is 6.42 Å². The van der Waals surface area contributed by atoms with E-state index >= 15 is 0 Å². The summed E-state index contributed by atoms with van der Waals surface area (Å²) in [6.45, 7) is 1.66. The van der Waals surface area contributed by atoms with Gasteiger partial charge in [-0.1, -0.05) is 24.3 Å². The van der Waals surface area contributed by atoms with Crippen LogP contribution in [-0.2, 0) is 24.3 Å². The van der Waals surface area contributed by atoms with Gasteiger partial charge < -0.3 is 10.4 Å². The predicted octanol–water partition coefficient (Wildman–Crippen LogP) is 2.67. The van der Waals surface area contributed by atoms with E-state index in [0.717, 1.165) is 18.7 Å². The summed E-state index contributed by atoms with van der Waals surface area (Å²) in [4.78, 5) is 10.5. The third-order valence-corrected chi connectivity index (χ3v) is 3.35. The van der Waals surface area contributed by atoms with Gasteiger partial charge in [-0.2, -0.15) is 11.3 Å². The molecule has 0 atom stereocenters. The van der Waals surface area contributed by atoms with Crippen molar-refractivity contribution in [3.8, 4) is 0 Å². The lowest BCUT2D eigenvalue weighted by Crippen LogP contribution is -2.12. The number of carbonyl (C=O) groups is 1. The molecule has 0 aliphatic heterocycles. The smallest absolute Gasteiger partial charge is 0.307 e. The van der Waals surface area contributed by atoms with Gasteiger partial charge in [-0.3, -0.25) is 4.79 Å². The Morgan fingerprint density at radius 1 is 1.06 bits per heavy atom. The van der Waals surface area contributed by atoms with Crippen molar-refractivity contribution in [2.24, 2.45) is 0 Å². The van der Waals surface area contributed by atoms with E-state index in [1.165, 1.54) is 11.1 Å². The molecule has 0 aliphatic rings. The van der Waals surface area contributed by atoms with Crippen molar-refractivity contribution in [1.29, 1.82) is 0 Å². The van der Waals surface area contributed by atoms with Crippen molar-refractivity contribution >= 4 is 17.3 Å². The van der Waals surface area contributed by atoms with Crippen LogP contribution < -0.4 is 5.32 Å². The second kappa shape index (κ2) is 6.33. The van der Waals surface area contributed by atoms with Crippen molar-refractivity contribution in [3.63, 3.8) is 0 Å². The molecular formula is C14H15NO2S. The molecule has 1 heterocycles. The summed E-state index contributed by atoms with van der Waals surface area (Å²) in [5, 5.41) is 16.2. The molecule has 2 aromatic rings. The number of thiophene rings is 1. The van der Waals surface area contributed by atoms with Crippen molar-refractivity contribution < 1.29 is 9.90 Å². The van der Waals surface area contributed by atoms with Crippen molar-refractivity contribution in [1.82, 2.24) is 5.32 Å². The minimum absolute atomic E-state index is 0.0859. The Hall–Kier alpha value is -1.65. The van der Waals surface area contributed by atoms with Crippen molar-refractivity contribution in [3.05, 3.63) is 57.8 Å². The van der Waals surface area contributed by atoms with Crippen molar-refractivity contribution in [2.45, 2.75) is 19.5 Å². The molecule has 4 heteroatoms. The summed E-state index contributed by atoms with van der Waals surface area (Å²) in [5.41, 5.74) is 3.30.